The van der Waals surface area contributed by atoms with Crippen LogP contribution in [0.2, 0.25) is 10.0 Å². The molecule has 0 aliphatic carbocycles. The molecular formula is C19H26Cl2N4O2. The number of pyridine rings is 1. The minimum atomic E-state index is -0.470. The summed E-state index contributed by atoms with van der Waals surface area (Å²) < 4.78 is 7.32. The van der Waals surface area contributed by atoms with E-state index >= 15 is 0 Å². The average Bonchev–Trinajstić information content (AvgIpc) is 2.95. The zero-order valence-corrected chi connectivity index (χ0v) is 17.6. The van der Waals surface area contributed by atoms with Gasteiger partial charge < -0.3 is 19.4 Å². The Kier molecular flexibility index (Phi) is 5.89. The van der Waals surface area contributed by atoms with Gasteiger partial charge in [0.05, 0.1) is 15.7 Å². The molecule has 1 fully saturated rings. The van der Waals surface area contributed by atoms with Gasteiger partial charge in [-0.15, -0.1) is 0 Å². The van der Waals surface area contributed by atoms with Crippen LogP contribution in [0.4, 0.5) is 4.79 Å². The van der Waals surface area contributed by atoms with Gasteiger partial charge in [-0.05, 0) is 39.2 Å². The Labute approximate surface area is 169 Å². The molecule has 0 aromatic carbocycles. The predicted octanol–water partition coefficient (Wildman–Crippen LogP) is 4.38. The minimum absolute atomic E-state index is 0.236. The van der Waals surface area contributed by atoms with Crippen molar-refractivity contribution in [2.24, 2.45) is 5.92 Å². The third kappa shape index (κ3) is 5.06. The van der Waals surface area contributed by atoms with Crippen molar-refractivity contribution < 1.29 is 9.53 Å². The highest BCUT2D eigenvalue weighted by Gasteiger charge is 2.31. The number of amides is 1. The molecule has 27 heavy (non-hydrogen) atoms. The Morgan fingerprint density at radius 3 is 2.78 bits per heavy atom. The number of carbonyl (C=O) groups is 1. The van der Waals surface area contributed by atoms with Crippen molar-refractivity contribution in [1.29, 1.82) is 0 Å². The predicted molar refractivity (Wildman–Crippen MR) is 107 cm³/mol. The molecule has 3 rings (SSSR count). The van der Waals surface area contributed by atoms with Gasteiger partial charge in [0.25, 0.3) is 0 Å². The van der Waals surface area contributed by atoms with E-state index in [9.17, 15) is 4.79 Å². The van der Waals surface area contributed by atoms with Crippen LogP contribution < -0.4 is 5.32 Å². The van der Waals surface area contributed by atoms with Crippen molar-refractivity contribution in [2.75, 3.05) is 13.1 Å². The van der Waals surface area contributed by atoms with Crippen molar-refractivity contribution in [1.82, 2.24) is 19.6 Å². The maximum atomic E-state index is 12.3. The fourth-order valence-corrected chi connectivity index (χ4v) is 3.86. The molecule has 6 nitrogen and oxygen atoms in total. The Bertz CT molecular complexity index is 831. The summed E-state index contributed by atoms with van der Waals surface area (Å²) in [6, 6.07) is 2.00. The van der Waals surface area contributed by atoms with Crippen molar-refractivity contribution in [3.05, 3.63) is 34.2 Å². The van der Waals surface area contributed by atoms with Gasteiger partial charge in [0.15, 0.2) is 5.65 Å². The van der Waals surface area contributed by atoms with Gasteiger partial charge in [-0.2, -0.15) is 0 Å². The molecule has 1 amide bonds. The first-order valence-corrected chi connectivity index (χ1v) is 9.92. The second-order valence-electron chi connectivity index (χ2n) is 8.15. The fraction of sp³-hybridized carbons (Fsp3) is 0.579. The van der Waals surface area contributed by atoms with E-state index in [1.54, 1.807) is 17.2 Å². The Hall–Kier alpha value is -1.50. The third-order valence-corrected chi connectivity index (χ3v) is 5.11. The van der Waals surface area contributed by atoms with Gasteiger partial charge in [-0.25, -0.2) is 9.78 Å². The molecule has 1 N–H and O–H groups in total. The summed E-state index contributed by atoms with van der Waals surface area (Å²) in [5, 5.41) is 4.67. The van der Waals surface area contributed by atoms with Crippen molar-refractivity contribution >= 4 is 34.9 Å². The number of aromatic nitrogens is 2. The topological polar surface area (TPSA) is 58.9 Å². The van der Waals surface area contributed by atoms with Gasteiger partial charge in [-0.1, -0.05) is 30.1 Å². The van der Waals surface area contributed by atoms with Crippen molar-refractivity contribution in [3.8, 4) is 0 Å². The standard InChI is InChI=1S/C19H26Cl2N4O2/c1-12-9-24(18(26)27-19(2,3)4)6-5-16(12)22-8-14-11-25-10-13(20)7-15(21)17(25)23-14/h7,10-12,16,22H,5-6,8-9H2,1-4H3/t12-,16+/m1/s1. The van der Waals surface area contributed by atoms with Gasteiger partial charge in [0.2, 0.25) is 0 Å². The number of piperidine rings is 1. The number of halogens is 2. The van der Waals surface area contributed by atoms with Gasteiger partial charge in [0.1, 0.15) is 5.60 Å². The van der Waals surface area contributed by atoms with E-state index in [4.69, 9.17) is 27.9 Å². The fourth-order valence-electron chi connectivity index (χ4n) is 3.34. The summed E-state index contributed by atoms with van der Waals surface area (Å²) in [6.45, 7) is 9.80. The monoisotopic (exact) mass is 412 g/mol. The number of nitrogens with one attached hydrogen (secondary N) is 1. The summed E-state index contributed by atoms with van der Waals surface area (Å²) in [5.74, 6) is 0.321. The molecule has 1 aliphatic heterocycles. The number of carbonyl (C=O) groups excluding carboxylic acids is 1. The summed E-state index contributed by atoms with van der Waals surface area (Å²) in [4.78, 5) is 18.6. The molecule has 3 heterocycles. The van der Waals surface area contributed by atoms with E-state index in [0.717, 1.165) is 12.1 Å². The number of likely N-dealkylation sites (tertiary alicyclic amines) is 1. The summed E-state index contributed by atoms with van der Waals surface area (Å²) in [6.07, 6.45) is 4.36. The molecule has 2 aromatic rings. The Morgan fingerprint density at radius 2 is 2.11 bits per heavy atom. The lowest BCUT2D eigenvalue weighted by molar-refractivity contribution is 0.0143. The molecule has 2 atom stereocenters. The molecular weight excluding hydrogens is 387 g/mol. The number of fused-ring (bicyclic) bond motifs is 1. The maximum Gasteiger partial charge on any atom is 0.410 e. The number of hydrogen-bond acceptors (Lipinski definition) is 4. The van der Waals surface area contributed by atoms with E-state index in [-0.39, 0.29) is 6.09 Å². The smallest absolute Gasteiger partial charge is 0.410 e. The van der Waals surface area contributed by atoms with Gasteiger partial charge in [-0.3, -0.25) is 0 Å². The van der Waals surface area contributed by atoms with Crippen LogP contribution >= 0.6 is 23.2 Å². The summed E-state index contributed by atoms with van der Waals surface area (Å²) in [7, 11) is 0. The second-order valence-corrected chi connectivity index (χ2v) is 8.99. The number of rotatable bonds is 3. The first kappa shape index (κ1) is 20.2. The SMILES string of the molecule is C[C@@H]1CN(C(=O)OC(C)(C)C)CC[C@@H]1NCc1cn2cc(Cl)cc(Cl)c2n1. The molecule has 1 saturated heterocycles. The average molecular weight is 413 g/mol. The summed E-state index contributed by atoms with van der Waals surface area (Å²) in [5.41, 5.74) is 1.13. The highest BCUT2D eigenvalue weighted by molar-refractivity contribution is 6.36. The molecule has 0 radical (unpaired) electrons. The molecule has 1 aliphatic rings. The van der Waals surface area contributed by atoms with E-state index in [1.165, 1.54) is 0 Å². The van der Waals surface area contributed by atoms with Crippen LogP contribution in [0.3, 0.4) is 0 Å². The highest BCUT2D eigenvalue weighted by atomic mass is 35.5. The molecule has 148 valence electrons. The normalized spacial score (nSPS) is 20.9. The number of nitrogens with zero attached hydrogens (tertiary/aromatic N) is 3. The van der Waals surface area contributed by atoms with Crippen LogP contribution in [0.5, 0.6) is 0 Å². The quantitative estimate of drug-likeness (QED) is 0.812. The lowest BCUT2D eigenvalue weighted by atomic mass is 9.94. The zero-order chi connectivity index (χ0) is 19.8. The second kappa shape index (κ2) is 7.86. The molecule has 8 heteroatoms. The lowest BCUT2D eigenvalue weighted by Gasteiger charge is -2.37. The molecule has 0 unspecified atom stereocenters. The van der Waals surface area contributed by atoms with E-state index < -0.39 is 5.60 Å². The Balaban J connectivity index is 1.57. The van der Waals surface area contributed by atoms with E-state index in [0.29, 0.717) is 47.3 Å². The van der Waals surface area contributed by atoms with Crippen LogP contribution in [0, 0.1) is 5.92 Å². The Morgan fingerprint density at radius 1 is 1.37 bits per heavy atom. The first-order chi connectivity index (χ1) is 12.6. The van der Waals surface area contributed by atoms with E-state index in [1.807, 2.05) is 31.4 Å². The number of imidazole rings is 1. The van der Waals surface area contributed by atoms with Crippen LogP contribution in [0.15, 0.2) is 18.5 Å². The lowest BCUT2D eigenvalue weighted by Crippen LogP contribution is -2.51. The third-order valence-electron chi connectivity index (χ3n) is 4.63. The summed E-state index contributed by atoms with van der Waals surface area (Å²) >= 11 is 12.2. The molecule has 2 aromatic heterocycles. The van der Waals surface area contributed by atoms with Crippen LogP contribution in [0.1, 0.15) is 39.8 Å². The van der Waals surface area contributed by atoms with Crippen LogP contribution in [-0.2, 0) is 11.3 Å². The highest BCUT2D eigenvalue weighted by Crippen LogP contribution is 2.23. The number of hydrogen-bond donors (Lipinski definition) is 1. The largest absolute Gasteiger partial charge is 0.444 e. The van der Waals surface area contributed by atoms with Crippen molar-refractivity contribution in [2.45, 2.75) is 52.3 Å². The van der Waals surface area contributed by atoms with Crippen molar-refractivity contribution in [3.63, 3.8) is 0 Å². The van der Waals surface area contributed by atoms with Crippen LogP contribution in [-0.4, -0.2) is 45.1 Å². The molecule has 0 saturated carbocycles. The zero-order valence-electron chi connectivity index (χ0n) is 16.1. The minimum Gasteiger partial charge on any atom is -0.444 e. The molecule has 0 spiro atoms. The number of ether oxygens (including phenoxy) is 1. The van der Waals surface area contributed by atoms with Crippen LogP contribution in [0.25, 0.3) is 5.65 Å². The van der Waals surface area contributed by atoms with Gasteiger partial charge in [0, 0.05) is 38.1 Å². The maximum absolute atomic E-state index is 12.3. The molecule has 0 bridgehead atoms. The first-order valence-electron chi connectivity index (χ1n) is 9.16. The van der Waals surface area contributed by atoms with Gasteiger partial charge >= 0.3 is 6.09 Å². The van der Waals surface area contributed by atoms with E-state index in [2.05, 4.69) is 17.2 Å².